The molecule has 0 radical (unpaired) electrons. The zero-order chi connectivity index (χ0) is 17.8. The Hall–Kier alpha value is -2.80. The van der Waals surface area contributed by atoms with Crippen LogP contribution >= 0.6 is 11.3 Å². The summed E-state index contributed by atoms with van der Waals surface area (Å²) in [4.78, 5) is 41.3. The first-order valence-corrected chi connectivity index (χ1v) is 8.69. The fourth-order valence-electron chi connectivity index (χ4n) is 2.55. The Morgan fingerprint density at radius 2 is 2.00 bits per heavy atom. The number of carbonyl (C=O) groups excluding carboxylic acids is 2. The van der Waals surface area contributed by atoms with E-state index in [1.165, 1.54) is 29.2 Å². The number of benzene rings is 1. The van der Waals surface area contributed by atoms with Gasteiger partial charge in [-0.15, -0.1) is 11.3 Å². The summed E-state index contributed by atoms with van der Waals surface area (Å²) in [7, 11) is 0. The minimum atomic E-state index is -0.622. The first kappa shape index (κ1) is 17.0. The molecule has 0 spiro atoms. The van der Waals surface area contributed by atoms with Crippen molar-refractivity contribution in [3.8, 4) is 0 Å². The van der Waals surface area contributed by atoms with Crippen LogP contribution in [0.3, 0.4) is 0 Å². The summed E-state index contributed by atoms with van der Waals surface area (Å²) in [6, 6.07) is 10.5. The lowest BCUT2D eigenvalue weighted by Gasteiger charge is -2.16. The third-order valence-electron chi connectivity index (χ3n) is 3.87. The van der Waals surface area contributed by atoms with Gasteiger partial charge < -0.3 is 5.32 Å². The number of Topliss-reactive ketones (excluding diaryl/α,β-unsaturated/α-hetero) is 1. The number of hydrogen-bond acceptors (Lipinski definition) is 5. The average molecular weight is 355 g/mol. The molecule has 25 heavy (non-hydrogen) atoms. The summed E-state index contributed by atoms with van der Waals surface area (Å²) in [5, 5.41) is 4.99. The molecule has 1 aromatic carbocycles. The number of ketones is 1. The SMILES string of the molecule is CC(=O)[C@@H](Cc1ccccc1)NC(=O)Cn1cnc2sccc2c1=O. The number of rotatable bonds is 6. The number of carbonyl (C=O) groups is 2. The van der Waals surface area contributed by atoms with Crippen LogP contribution in [-0.2, 0) is 22.6 Å². The van der Waals surface area contributed by atoms with Crippen LogP contribution in [-0.4, -0.2) is 27.3 Å². The van der Waals surface area contributed by atoms with Crippen LogP contribution in [0.5, 0.6) is 0 Å². The normalized spacial score (nSPS) is 12.0. The number of hydrogen-bond donors (Lipinski definition) is 1. The van der Waals surface area contributed by atoms with E-state index in [4.69, 9.17) is 0 Å². The Morgan fingerprint density at radius 1 is 1.24 bits per heavy atom. The van der Waals surface area contributed by atoms with Crippen molar-refractivity contribution in [2.45, 2.75) is 25.9 Å². The second kappa shape index (κ2) is 7.40. The van der Waals surface area contributed by atoms with Crippen LogP contribution in [0.2, 0.25) is 0 Å². The summed E-state index contributed by atoms with van der Waals surface area (Å²) in [5.74, 6) is -0.523. The molecule has 0 unspecified atom stereocenters. The molecule has 0 aliphatic carbocycles. The molecule has 2 heterocycles. The molecule has 0 aliphatic rings. The second-order valence-electron chi connectivity index (χ2n) is 5.74. The van der Waals surface area contributed by atoms with Gasteiger partial charge in [0.1, 0.15) is 11.4 Å². The van der Waals surface area contributed by atoms with Crippen molar-refractivity contribution in [2.75, 3.05) is 0 Å². The molecule has 0 bridgehead atoms. The minimum Gasteiger partial charge on any atom is -0.344 e. The van der Waals surface area contributed by atoms with E-state index in [1.807, 2.05) is 30.3 Å². The van der Waals surface area contributed by atoms with E-state index in [2.05, 4.69) is 10.3 Å². The zero-order valence-electron chi connectivity index (χ0n) is 13.6. The van der Waals surface area contributed by atoms with E-state index < -0.39 is 11.9 Å². The van der Waals surface area contributed by atoms with Gasteiger partial charge in [0.05, 0.1) is 17.8 Å². The summed E-state index contributed by atoms with van der Waals surface area (Å²) in [6.45, 7) is 1.27. The Kier molecular flexibility index (Phi) is 5.04. The Balaban J connectivity index is 1.71. The van der Waals surface area contributed by atoms with E-state index in [-0.39, 0.29) is 17.9 Å². The lowest BCUT2D eigenvalue weighted by molar-refractivity contribution is -0.127. The van der Waals surface area contributed by atoms with Gasteiger partial charge in [-0.25, -0.2) is 4.98 Å². The van der Waals surface area contributed by atoms with Crippen LogP contribution in [0, 0.1) is 0 Å². The molecule has 0 fully saturated rings. The number of amides is 1. The fraction of sp³-hybridized carbons (Fsp3) is 0.222. The Labute approximate surface area is 148 Å². The maximum atomic E-state index is 12.3. The molecule has 3 rings (SSSR count). The molecule has 2 aromatic heterocycles. The van der Waals surface area contributed by atoms with Gasteiger partial charge >= 0.3 is 0 Å². The molecular formula is C18H17N3O3S. The predicted molar refractivity (Wildman–Crippen MR) is 96.6 cm³/mol. The highest BCUT2D eigenvalue weighted by atomic mass is 32.1. The third kappa shape index (κ3) is 4.00. The van der Waals surface area contributed by atoms with Gasteiger partial charge in [0.2, 0.25) is 5.91 Å². The van der Waals surface area contributed by atoms with Crippen molar-refractivity contribution in [3.63, 3.8) is 0 Å². The first-order chi connectivity index (χ1) is 12.0. The van der Waals surface area contributed by atoms with Gasteiger partial charge in [-0.05, 0) is 30.4 Å². The van der Waals surface area contributed by atoms with Gasteiger partial charge in [0, 0.05) is 0 Å². The molecule has 6 nitrogen and oxygen atoms in total. The van der Waals surface area contributed by atoms with Crippen molar-refractivity contribution in [2.24, 2.45) is 0 Å². The summed E-state index contributed by atoms with van der Waals surface area (Å²) >= 11 is 1.38. The molecule has 128 valence electrons. The van der Waals surface area contributed by atoms with Crippen molar-refractivity contribution < 1.29 is 9.59 Å². The third-order valence-corrected chi connectivity index (χ3v) is 4.69. The van der Waals surface area contributed by atoms with Crippen molar-refractivity contribution >= 4 is 33.2 Å². The molecule has 1 atom stereocenters. The number of nitrogens with zero attached hydrogens (tertiary/aromatic N) is 2. The number of nitrogens with one attached hydrogen (secondary N) is 1. The molecule has 0 aliphatic heterocycles. The van der Waals surface area contributed by atoms with Crippen LogP contribution in [0.1, 0.15) is 12.5 Å². The monoisotopic (exact) mass is 355 g/mol. The lowest BCUT2D eigenvalue weighted by atomic mass is 10.0. The number of aromatic nitrogens is 2. The first-order valence-electron chi connectivity index (χ1n) is 7.81. The molecule has 1 N–H and O–H groups in total. The quantitative estimate of drug-likeness (QED) is 0.731. The highest BCUT2D eigenvalue weighted by Crippen LogP contribution is 2.13. The topological polar surface area (TPSA) is 81.1 Å². The van der Waals surface area contributed by atoms with Crippen molar-refractivity contribution in [1.29, 1.82) is 0 Å². The van der Waals surface area contributed by atoms with Gasteiger partial charge in [-0.3, -0.25) is 19.0 Å². The Morgan fingerprint density at radius 3 is 2.72 bits per heavy atom. The molecular weight excluding hydrogens is 338 g/mol. The van der Waals surface area contributed by atoms with Gasteiger partial charge in [0.15, 0.2) is 5.78 Å². The van der Waals surface area contributed by atoms with E-state index in [1.54, 1.807) is 11.4 Å². The largest absolute Gasteiger partial charge is 0.344 e. The molecule has 0 saturated carbocycles. The van der Waals surface area contributed by atoms with Crippen molar-refractivity contribution in [3.05, 3.63) is 64.0 Å². The summed E-state index contributed by atoms with van der Waals surface area (Å²) < 4.78 is 1.25. The average Bonchev–Trinajstić information content (AvgIpc) is 3.07. The Bertz CT molecular complexity index is 962. The van der Waals surface area contributed by atoms with Gasteiger partial charge in [0.25, 0.3) is 5.56 Å². The van der Waals surface area contributed by atoms with Crippen LogP contribution < -0.4 is 10.9 Å². The highest BCUT2D eigenvalue weighted by molar-refractivity contribution is 7.16. The van der Waals surface area contributed by atoms with E-state index in [9.17, 15) is 14.4 Å². The van der Waals surface area contributed by atoms with Crippen molar-refractivity contribution in [1.82, 2.24) is 14.9 Å². The zero-order valence-corrected chi connectivity index (χ0v) is 14.5. The fourth-order valence-corrected chi connectivity index (χ4v) is 3.27. The van der Waals surface area contributed by atoms with Crippen LogP contribution in [0.25, 0.3) is 10.2 Å². The lowest BCUT2D eigenvalue weighted by Crippen LogP contribution is -2.43. The maximum Gasteiger partial charge on any atom is 0.262 e. The van der Waals surface area contributed by atoms with Crippen LogP contribution in [0.15, 0.2) is 52.9 Å². The molecule has 3 aromatic rings. The summed E-state index contributed by atoms with van der Waals surface area (Å²) in [6.07, 6.45) is 1.78. The summed E-state index contributed by atoms with van der Waals surface area (Å²) in [5.41, 5.74) is 0.699. The molecule has 0 saturated heterocycles. The van der Waals surface area contributed by atoms with E-state index in [0.717, 1.165) is 5.56 Å². The van der Waals surface area contributed by atoms with E-state index in [0.29, 0.717) is 16.6 Å². The number of fused-ring (bicyclic) bond motifs is 1. The van der Waals surface area contributed by atoms with Crippen LogP contribution in [0.4, 0.5) is 0 Å². The highest BCUT2D eigenvalue weighted by Gasteiger charge is 2.18. The smallest absolute Gasteiger partial charge is 0.262 e. The number of thiophene rings is 1. The minimum absolute atomic E-state index is 0.129. The maximum absolute atomic E-state index is 12.3. The van der Waals surface area contributed by atoms with Gasteiger partial charge in [-0.1, -0.05) is 30.3 Å². The second-order valence-corrected chi connectivity index (χ2v) is 6.63. The van der Waals surface area contributed by atoms with E-state index >= 15 is 0 Å². The predicted octanol–water partition coefficient (Wildman–Crippen LogP) is 1.77. The molecule has 7 heteroatoms. The standard InChI is InChI=1S/C18H17N3O3S/c1-12(22)15(9-13-5-3-2-4-6-13)20-16(23)10-21-11-19-17-14(18(21)24)7-8-25-17/h2-8,11,15H,9-10H2,1H3,(H,20,23)/t15-/m1/s1. The van der Waals surface area contributed by atoms with Gasteiger partial charge in [-0.2, -0.15) is 0 Å². The molecule has 1 amide bonds.